The molecule has 0 aliphatic rings. The van der Waals surface area contributed by atoms with Crippen LogP contribution in [0.25, 0.3) is 0 Å². The van der Waals surface area contributed by atoms with Crippen LogP contribution in [-0.2, 0) is 4.74 Å². The molecule has 0 bridgehead atoms. The van der Waals surface area contributed by atoms with Crippen LogP contribution in [0.5, 0.6) is 5.75 Å². The molecule has 0 saturated heterocycles. The molecule has 0 aliphatic heterocycles. The summed E-state index contributed by atoms with van der Waals surface area (Å²) < 4.78 is 45.0. The maximum absolute atomic E-state index is 12.1. The summed E-state index contributed by atoms with van der Waals surface area (Å²) in [5.41, 5.74) is -0.429. The monoisotopic (exact) mass is 365 g/mol. The summed E-state index contributed by atoms with van der Waals surface area (Å²) in [5.74, 6) is -0.426. The first-order valence-corrected chi connectivity index (χ1v) is 7.56. The average Bonchev–Trinajstić information content (AvgIpc) is 2.43. The second-order valence-electron chi connectivity index (χ2n) is 6.35. The van der Waals surface area contributed by atoms with Crippen LogP contribution in [0.4, 0.5) is 18.0 Å². The van der Waals surface area contributed by atoms with Gasteiger partial charge in [0.1, 0.15) is 17.5 Å². The molecule has 0 aliphatic carbocycles. The van der Waals surface area contributed by atoms with Crippen LogP contribution >= 0.6 is 0 Å². The Morgan fingerprint density at radius 2 is 1.72 bits per heavy atom. The normalized spacial score (nSPS) is 14.6. The molecule has 0 spiro atoms. The van der Waals surface area contributed by atoms with E-state index in [1.807, 2.05) is 0 Å². The summed E-state index contributed by atoms with van der Waals surface area (Å²) in [6, 6.07) is 4.52. The number of hydrogen-bond donors (Lipinski definition) is 3. The second-order valence-corrected chi connectivity index (χ2v) is 6.35. The topological polar surface area (TPSA) is 88.0 Å². The molecule has 25 heavy (non-hydrogen) atoms. The van der Waals surface area contributed by atoms with E-state index >= 15 is 0 Å². The van der Waals surface area contributed by atoms with Gasteiger partial charge in [-0.25, -0.2) is 4.79 Å². The highest BCUT2D eigenvalue weighted by Gasteiger charge is 2.31. The molecular weight excluding hydrogens is 343 g/mol. The van der Waals surface area contributed by atoms with Crippen molar-refractivity contribution < 1.29 is 37.7 Å². The van der Waals surface area contributed by atoms with Crippen molar-refractivity contribution in [3.63, 3.8) is 0 Å². The van der Waals surface area contributed by atoms with Gasteiger partial charge in [0.2, 0.25) is 0 Å². The lowest BCUT2D eigenvalue weighted by molar-refractivity contribution is -0.274. The van der Waals surface area contributed by atoms with Crippen LogP contribution in [0.1, 0.15) is 38.9 Å². The van der Waals surface area contributed by atoms with Gasteiger partial charge >= 0.3 is 12.5 Å². The number of alkyl carbamates (subject to hydrolysis) is 1. The number of carbonyl (C=O) groups is 1. The third kappa shape index (κ3) is 8.59. The number of ether oxygens (including phenoxy) is 2. The smallest absolute Gasteiger partial charge is 0.444 e. The molecule has 9 heteroatoms. The van der Waals surface area contributed by atoms with Gasteiger partial charge in [-0.05, 0) is 44.9 Å². The van der Waals surface area contributed by atoms with Crippen LogP contribution in [0.3, 0.4) is 0 Å². The Bertz CT molecular complexity index is 554. The Kier molecular flexibility index (Phi) is 7.06. The molecule has 0 radical (unpaired) electrons. The first-order valence-electron chi connectivity index (χ1n) is 7.56. The second kappa shape index (κ2) is 8.39. The highest BCUT2D eigenvalue weighted by molar-refractivity contribution is 5.67. The van der Waals surface area contributed by atoms with Gasteiger partial charge in [0.25, 0.3) is 0 Å². The summed E-state index contributed by atoms with van der Waals surface area (Å²) in [6.45, 7) is 5.18. The van der Waals surface area contributed by atoms with Crippen molar-refractivity contribution in [2.75, 3.05) is 6.54 Å². The quantitative estimate of drug-likeness (QED) is 0.721. The zero-order valence-electron chi connectivity index (χ0n) is 14.1. The molecule has 6 nitrogen and oxygen atoms in total. The Hall–Kier alpha value is -2.00. The number of halogens is 3. The summed E-state index contributed by atoms with van der Waals surface area (Å²) in [5, 5.41) is 22.4. The number of rotatable bonds is 6. The molecule has 2 atom stereocenters. The SMILES string of the molecule is CC(C)(C)OC(=O)NCCC(O)C(O)c1ccc(OC(F)(F)F)cc1. The highest BCUT2D eigenvalue weighted by atomic mass is 19.4. The van der Waals surface area contributed by atoms with Crippen LogP contribution in [0.15, 0.2) is 24.3 Å². The summed E-state index contributed by atoms with van der Waals surface area (Å²) in [4.78, 5) is 11.4. The van der Waals surface area contributed by atoms with E-state index in [0.29, 0.717) is 0 Å². The number of aliphatic hydroxyl groups is 2. The number of hydrogen-bond acceptors (Lipinski definition) is 5. The van der Waals surface area contributed by atoms with E-state index in [1.54, 1.807) is 20.8 Å². The van der Waals surface area contributed by atoms with E-state index in [9.17, 15) is 28.2 Å². The lowest BCUT2D eigenvalue weighted by Crippen LogP contribution is -2.34. The van der Waals surface area contributed by atoms with Crippen LogP contribution in [-0.4, -0.2) is 40.9 Å². The van der Waals surface area contributed by atoms with Gasteiger partial charge < -0.3 is 25.0 Å². The minimum Gasteiger partial charge on any atom is -0.444 e. The lowest BCUT2D eigenvalue weighted by Gasteiger charge is -2.21. The van der Waals surface area contributed by atoms with E-state index in [0.717, 1.165) is 12.1 Å². The van der Waals surface area contributed by atoms with Gasteiger partial charge in [0.05, 0.1) is 6.10 Å². The summed E-state index contributed by atoms with van der Waals surface area (Å²) in [7, 11) is 0. The van der Waals surface area contributed by atoms with Gasteiger partial charge in [-0.15, -0.1) is 13.2 Å². The Morgan fingerprint density at radius 1 is 1.16 bits per heavy atom. The first kappa shape index (κ1) is 21.0. The molecule has 0 aromatic heterocycles. The molecule has 0 heterocycles. The largest absolute Gasteiger partial charge is 0.573 e. The number of benzene rings is 1. The van der Waals surface area contributed by atoms with E-state index in [1.165, 1.54) is 12.1 Å². The Labute approximate surface area is 143 Å². The van der Waals surface area contributed by atoms with Crippen molar-refractivity contribution in [2.45, 2.75) is 51.4 Å². The molecule has 3 N–H and O–H groups in total. The minimum absolute atomic E-state index is 0.0290. The molecule has 1 aromatic carbocycles. The van der Waals surface area contributed by atoms with E-state index < -0.39 is 36.0 Å². The fraction of sp³-hybridized carbons (Fsp3) is 0.562. The zero-order valence-corrected chi connectivity index (χ0v) is 14.1. The standard InChI is InChI=1S/C16H22F3NO5/c1-15(2,3)25-14(23)20-9-8-12(21)13(22)10-4-6-11(7-5-10)24-16(17,18)19/h4-7,12-13,21-22H,8-9H2,1-3H3,(H,20,23). The van der Waals surface area contributed by atoms with E-state index in [4.69, 9.17) is 4.74 Å². The Morgan fingerprint density at radius 3 is 2.20 bits per heavy atom. The number of nitrogens with one attached hydrogen (secondary N) is 1. The van der Waals surface area contributed by atoms with Gasteiger partial charge in [-0.2, -0.15) is 0 Å². The van der Waals surface area contributed by atoms with Crippen LogP contribution in [0.2, 0.25) is 0 Å². The van der Waals surface area contributed by atoms with Crippen molar-refractivity contribution in [1.82, 2.24) is 5.32 Å². The predicted molar refractivity (Wildman–Crippen MR) is 82.9 cm³/mol. The molecule has 142 valence electrons. The van der Waals surface area contributed by atoms with Crippen molar-refractivity contribution >= 4 is 6.09 Å². The van der Waals surface area contributed by atoms with Crippen molar-refractivity contribution in [2.24, 2.45) is 0 Å². The van der Waals surface area contributed by atoms with Crippen LogP contribution in [0, 0.1) is 0 Å². The van der Waals surface area contributed by atoms with Gasteiger partial charge in [0, 0.05) is 6.54 Å². The third-order valence-corrected chi connectivity index (χ3v) is 2.93. The molecule has 1 amide bonds. The third-order valence-electron chi connectivity index (χ3n) is 2.93. The molecule has 0 fully saturated rings. The molecule has 1 rings (SSSR count). The number of carbonyl (C=O) groups excluding carboxylic acids is 1. The molecule has 1 aromatic rings. The first-order chi connectivity index (χ1) is 11.4. The highest BCUT2D eigenvalue weighted by Crippen LogP contribution is 2.25. The maximum Gasteiger partial charge on any atom is 0.573 e. The Balaban J connectivity index is 2.48. The molecule has 0 saturated carbocycles. The van der Waals surface area contributed by atoms with E-state index in [2.05, 4.69) is 10.1 Å². The van der Waals surface area contributed by atoms with Gasteiger partial charge in [-0.1, -0.05) is 12.1 Å². The molecular formula is C16H22F3NO5. The zero-order chi connectivity index (χ0) is 19.3. The van der Waals surface area contributed by atoms with Crippen molar-refractivity contribution in [1.29, 1.82) is 0 Å². The molecule has 2 unspecified atom stereocenters. The fourth-order valence-corrected chi connectivity index (χ4v) is 1.88. The average molecular weight is 365 g/mol. The number of amides is 1. The number of aliphatic hydroxyl groups excluding tert-OH is 2. The minimum atomic E-state index is -4.80. The summed E-state index contributed by atoms with van der Waals surface area (Å²) in [6.07, 6.45) is -7.96. The predicted octanol–water partition coefficient (Wildman–Crippen LogP) is 2.89. The summed E-state index contributed by atoms with van der Waals surface area (Å²) >= 11 is 0. The lowest BCUT2D eigenvalue weighted by atomic mass is 10.0. The number of alkyl halides is 3. The van der Waals surface area contributed by atoms with Crippen molar-refractivity contribution in [3.05, 3.63) is 29.8 Å². The van der Waals surface area contributed by atoms with Gasteiger partial charge in [0.15, 0.2) is 0 Å². The fourth-order valence-electron chi connectivity index (χ4n) is 1.88. The van der Waals surface area contributed by atoms with Crippen molar-refractivity contribution in [3.8, 4) is 5.75 Å². The van der Waals surface area contributed by atoms with E-state index in [-0.39, 0.29) is 18.5 Å². The van der Waals surface area contributed by atoms with Gasteiger partial charge in [-0.3, -0.25) is 0 Å². The maximum atomic E-state index is 12.1. The van der Waals surface area contributed by atoms with Crippen LogP contribution < -0.4 is 10.1 Å².